The molecule has 0 amide bonds. The van der Waals surface area contributed by atoms with E-state index in [1.54, 1.807) is 0 Å². The van der Waals surface area contributed by atoms with E-state index >= 15 is 0 Å². The average Bonchev–Trinajstić information content (AvgIpc) is 2.69. The molecule has 0 bridgehead atoms. The molecule has 17 heavy (non-hydrogen) atoms. The number of anilines is 1. The summed E-state index contributed by atoms with van der Waals surface area (Å²) in [5.41, 5.74) is 0. The summed E-state index contributed by atoms with van der Waals surface area (Å²) in [6.45, 7) is 4.23. The van der Waals surface area contributed by atoms with Gasteiger partial charge in [0.25, 0.3) is 0 Å². The molecule has 0 aliphatic carbocycles. The molecule has 1 aromatic heterocycles. The predicted octanol–water partition coefficient (Wildman–Crippen LogP) is 0.829. The Labute approximate surface area is 103 Å². The number of aromatic nitrogens is 2. The Bertz CT molecular complexity index is 318. The van der Waals surface area contributed by atoms with Crippen LogP contribution in [0.1, 0.15) is 25.3 Å². The van der Waals surface area contributed by atoms with E-state index in [4.69, 9.17) is 0 Å². The van der Waals surface area contributed by atoms with Crippen molar-refractivity contribution in [3.8, 4) is 0 Å². The Balaban J connectivity index is 1.66. The first-order chi connectivity index (χ1) is 8.42. The van der Waals surface area contributed by atoms with Gasteiger partial charge in [-0.25, -0.2) is 4.68 Å². The number of unbranched alkanes of at least 4 members (excludes halogenated alkanes) is 2. The van der Waals surface area contributed by atoms with Crippen LogP contribution in [0.5, 0.6) is 0 Å². The molecule has 2 rings (SSSR count). The molecule has 1 saturated heterocycles. The fourth-order valence-electron chi connectivity index (χ4n) is 2.01. The SMILES string of the molecule is CNCCCCCNc1ccnn1C1CNC1. The first-order valence-electron chi connectivity index (χ1n) is 6.54. The maximum absolute atomic E-state index is 4.37. The molecule has 1 aliphatic rings. The van der Waals surface area contributed by atoms with Gasteiger partial charge in [-0.1, -0.05) is 6.42 Å². The number of hydrogen-bond acceptors (Lipinski definition) is 4. The van der Waals surface area contributed by atoms with Crippen molar-refractivity contribution >= 4 is 5.82 Å². The highest BCUT2D eigenvalue weighted by molar-refractivity contribution is 5.34. The minimum Gasteiger partial charge on any atom is -0.370 e. The summed E-state index contributed by atoms with van der Waals surface area (Å²) in [6, 6.07) is 2.60. The zero-order chi connectivity index (χ0) is 11.9. The van der Waals surface area contributed by atoms with Gasteiger partial charge in [-0.05, 0) is 26.4 Å². The zero-order valence-electron chi connectivity index (χ0n) is 10.6. The molecule has 0 atom stereocenters. The van der Waals surface area contributed by atoms with Gasteiger partial charge in [0.2, 0.25) is 0 Å². The van der Waals surface area contributed by atoms with E-state index in [0.717, 1.165) is 32.0 Å². The second-order valence-corrected chi connectivity index (χ2v) is 4.56. The van der Waals surface area contributed by atoms with Crippen molar-refractivity contribution < 1.29 is 0 Å². The van der Waals surface area contributed by atoms with E-state index in [-0.39, 0.29) is 0 Å². The van der Waals surface area contributed by atoms with E-state index in [0.29, 0.717) is 6.04 Å². The van der Waals surface area contributed by atoms with Crippen molar-refractivity contribution in [2.45, 2.75) is 25.3 Å². The molecule has 0 aromatic carbocycles. The smallest absolute Gasteiger partial charge is 0.124 e. The lowest BCUT2D eigenvalue weighted by Gasteiger charge is -2.28. The van der Waals surface area contributed by atoms with Crippen LogP contribution in [-0.2, 0) is 0 Å². The van der Waals surface area contributed by atoms with Crippen LogP contribution in [0.4, 0.5) is 5.82 Å². The monoisotopic (exact) mass is 237 g/mol. The second kappa shape index (κ2) is 6.61. The van der Waals surface area contributed by atoms with Crippen molar-refractivity contribution in [1.29, 1.82) is 0 Å². The Morgan fingerprint density at radius 3 is 2.88 bits per heavy atom. The largest absolute Gasteiger partial charge is 0.370 e. The Hall–Kier alpha value is -1.07. The summed E-state index contributed by atoms with van der Waals surface area (Å²) in [5.74, 6) is 1.16. The standard InChI is InChI=1S/C12H23N5/c1-13-6-3-2-4-7-15-12-5-8-16-17(12)11-9-14-10-11/h5,8,11,13-15H,2-4,6-7,9-10H2,1H3. The van der Waals surface area contributed by atoms with Gasteiger partial charge in [0, 0.05) is 25.7 Å². The molecular weight excluding hydrogens is 214 g/mol. The molecule has 5 heteroatoms. The van der Waals surface area contributed by atoms with Crippen molar-refractivity contribution in [2.24, 2.45) is 0 Å². The highest BCUT2D eigenvalue weighted by Gasteiger charge is 2.21. The summed E-state index contributed by atoms with van der Waals surface area (Å²) in [5, 5.41) is 14.3. The molecular formula is C12H23N5. The molecule has 3 N–H and O–H groups in total. The topological polar surface area (TPSA) is 53.9 Å². The molecule has 96 valence electrons. The third kappa shape index (κ3) is 3.44. The Kier molecular flexibility index (Phi) is 4.82. The van der Waals surface area contributed by atoms with Gasteiger partial charge in [0.1, 0.15) is 5.82 Å². The third-order valence-corrected chi connectivity index (χ3v) is 3.19. The van der Waals surface area contributed by atoms with E-state index < -0.39 is 0 Å². The van der Waals surface area contributed by atoms with Gasteiger partial charge in [0.05, 0.1) is 12.2 Å². The van der Waals surface area contributed by atoms with Crippen LogP contribution in [0, 0.1) is 0 Å². The number of nitrogens with one attached hydrogen (secondary N) is 3. The van der Waals surface area contributed by atoms with Crippen LogP contribution in [-0.4, -0.2) is 43.0 Å². The first kappa shape index (κ1) is 12.4. The molecule has 0 radical (unpaired) electrons. The van der Waals surface area contributed by atoms with Crippen molar-refractivity contribution in [2.75, 3.05) is 38.5 Å². The van der Waals surface area contributed by atoms with Crippen LogP contribution in [0.25, 0.3) is 0 Å². The highest BCUT2D eigenvalue weighted by Crippen LogP contribution is 2.17. The van der Waals surface area contributed by atoms with Gasteiger partial charge in [-0.3, -0.25) is 0 Å². The Morgan fingerprint density at radius 1 is 1.35 bits per heavy atom. The van der Waals surface area contributed by atoms with E-state index in [9.17, 15) is 0 Å². The van der Waals surface area contributed by atoms with Crippen molar-refractivity contribution in [3.05, 3.63) is 12.3 Å². The van der Waals surface area contributed by atoms with E-state index in [1.807, 2.05) is 13.2 Å². The lowest BCUT2D eigenvalue weighted by Crippen LogP contribution is -2.44. The average molecular weight is 237 g/mol. The van der Waals surface area contributed by atoms with Gasteiger partial charge < -0.3 is 16.0 Å². The molecule has 0 spiro atoms. The fourth-order valence-corrected chi connectivity index (χ4v) is 2.01. The summed E-state index contributed by atoms with van der Waals surface area (Å²) in [6.07, 6.45) is 5.62. The molecule has 1 fully saturated rings. The molecule has 1 aromatic rings. The summed E-state index contributed by atoms with van der Waals surface area (Å²) in [4.78, 5) is 0. The quantitative estimate of drug-likeness (QED) is 0.586. The second-order valence-electron chi connectivity index (χ2n) is 4.56. The van der Waals surface area contributed by atoms with Crippen molar-refractivity contribution in [1.82, 2.24) is 20.4 Å². The minimum atomic E-state index is 0.539. The van der Waals surface area contributed by atoms with Crippen LogP contribution < -0.4 is 16.0 Å². The summed E-state index contributed by atoms with van der Waals surface area (Å²) < 4.78 is 2.10. The Morgan fingerprint density at radius 2 is 2.18 bits per heavy atom. The van der Waals surface area contributed by atoms with Gasteiger partial charge >= 0.3 is 0 Å². The summed E-state index contributed by atoms with van der Waals surface area (Å²) in [7, 11) is 2.00. The van der Waals surface area contributed by atoms with Crippen LogP contribution in [0.3, 0.4) is 0 Å². The molecule has 2 heterocycles. The molecule has 0 saturated carbocycles. The lowest BCUT2D eigenvalue weighted by molar-refractivity contribution is 0.321. The fraction of sp³-hybridized carbons (Fsp3) is 0.750. The zero-order valence-corrected chi connectivity index (χ0v) is 10.6. The number of nitrogens with zero attached hydrogens (tertiary/aromatic N) is 2. The van der Waals surface area contributed by atoms with Gasteiger partial charge in [0.15, 0.2) is 0 Å². The van der Waals surface area contributed by atoms with E-state index in [2.05, 4.69) is 31.8 Å². The maximum atomic E-state index is 4.37. The molecule has 0 unspecified atom stereocenters. The predicted molar refractivity (Wildman–Crippen MR) is 70.4 cm³/mol. The molecule has 5 nitrogen and oxygen atoms in total. The number of rotatable bonds is 8. The lowest BCUT2D eigenvalue weighted by atomic mass is 10.2. The normalized spacial score (nSPS) is 15.8. The van der Waals surface area contributed by atoms with Crippen LogP contribution in [0.15, 0.2) is 12.3 Å². The van der Waals surface area contributed by atoms with Gasteiger partial charge in [-0.2, -0.15) is 5.10 Å². The minimum absolute atomic E-state index is 0.539. The van der Waals surface area contributed by atoms with Crippen LogP contribution in [0.2, 0.25) is 0 Å². The maximum Gasteiger partial charge on any atom is 0.124 e. The highest BCUT2D eigenvalue weighted by atomic mass is 15.4. The third-order valence-electron chi connectivity index (χ3n) is 3.19. The van der Waals surface area contributed by atoms with Crippen molar-refractivity contribution in [3.63, 3.8) is 0 Å². The first-order valence-corrected chi connectivity index (χ1v) is 6.54. The van der Waals surface area contributed by atoms with Gasteiger partial charge in [-0.15, -0.1) is 0 Å². The summed E-state index contributed by atoms with van der Waals surface area (Å²) >= 11 is 0. The van der Waals surface area contributed by atoms with E-state index in [1.165, 1.54) is 19.3 Å². The van der Waals surface area contributed by atoms with Crippen LogP contribution >= 0.6 is 0 Å². The number of hydrogen-bond donors (Lipinski definition) is 3. The molecule has 1 aliphatic heterocycles.